The SMILES string of the molecule is CCCCCCCCCCCCCCC(C)C(=O)N(C(=O)C(C)CCCCCCCCCCCCCC)C1OP2(=O)OC1(O)O2. The number of imide groups is 1. The summed E-state index contributed by atoms with van der Waals surface area (Å²) < 4.78 is 27.5. The van der Waals surface area contributed by atoms with E-state index in [0.29, 0.717) is 12.8 Å². The molecule has 0 aromatic rings. The second kappa shape index (κ2) is 22.7. The molecule has 9 heteroatoms. The number of rotatable bonds is 29. The van der Waals surface area contributed by atoms with Crippen LogP contribution in [0.3, 0.4) is 0 Å². The van der Waals surface area contributed by atoms with Crippen LogP contribution in [0.2, 0.25) is 0 Å². The number of carbonyl (C=O) groups excluding carboxylic acids is 2. The smallest absolute Gasteiger partial charge is 0.339 e. The van der Waals surface area contributed by atoms with Crippen LogP contribution in [0.15, 0.2) is 0 Å². The Kier molecular flexibility index (Phi) is 20.4. The number of carbonyl (C=O) groups is 2. The summed E-state index contributed by atoms with van der Waals surface area (Å²) in [7, 11) is -3.91. The van der Waals surface area contributed by atoms with Gasteiger partial charge >= 0.3 is 13.8 Å². The van der Waals surface area contributed by atoms with E-state index in [-0.39, 0.29) is 0 Å². The number of phosphoric acid groups is 1. The summed E-state index contributed by atoms with van der Waals surface area (Å²) in [5, 5.41) is 10.6. The van der Waals surface area contributed by atoms with E-state index in [1.807, 2.05) is 13.8 Å². The molecule has 0 spiro atoms. The molecule has 3 heterocycles. The van der Waals surface area contributed by atoms with Gasteiger partial charge in [-0.25, -0.2) is 18.5 Å². The lowest BCUT2D eigenvalue weighted by molar-refractivity contribution is -0.337. The normalized spacial score (nSPS) is 23.5. The van der Waals surface area contributed by atoms with Gasteiger partial charge in [0.25, 0.3) is 0 Å². The quantitative estimate of drug-likeness (QED) is 0.0630. The fraction of sp³-hybridized carbons (Fsp3) is 0.944. The molecule has 2 amide bonds. The van der Waals surface area contributed by atoms with Crippen molar-refractivity contribution in [2.75, 3.05) is 0 Å². The number of hydrogen-bond donors (Lipinski definition) is 1. The van der Waals surface area contributed by atoms with Crippen molar-refractivity contribution in [3.8, 4) is 0 Å². The molecule has 3 fully saturated rings. The fourth-order valence-electron chi connectivity index (χ4n) is 6.50. The van der Waals surface area contributed by atoms with Crippen molar-refractivity contribution in [3.05, 3.63) is 0 Å². The predicted octanol–water partition coefficient (Wildman–Crippen LogP) is 11.0. The summed E-state index contributed by atoms with van der Waals surface area (Å²) in [5.41, 5.74) is 0. The minimum absolute atomic E-state index is 0.435. The van der Waals surface area contributed by atoms with Gasteiger partial charge in [-0.15, -0.1) is 0 Å². The maximum Gasteiger partial charge on any atom is 0.486 e. The number of phosphoric ester groups is 1. The lowest BCUT2D eigenvalue weighted by Gasteiger charge is -2.35. The predicted molar refractivity (Wildman–Crippen MR) is 181 cm³/mol. The minimum atomic E-state index is -3.91. The maximum atomic E-state index is 13.6. The molecule has 3 atom stereocenters. The largest absolute Gasteiger partial charge is 0.486 e. The van der Waals surface area contributed by atoms with Crippen molar-refractivity contribution < 1.29 is 32.8 Å². The van der Waals surface area contributed by atoms with Gasteiger partial charge < -0.3 is 5.11 Å². The van der Waals surface area contributed by atoms with Crippen LogP contribution in [-0.2, 0) is 27.7 Å². The van der Waals surface area contributed by atoms with Crippen LogP contribution < -0.4 is 0 Å². The number of hydrogen-bond acceptors (Lipinski definition) is 7. The Balaban J connectivity index is 1.70. The second-order valence-electron chi connectivity index (χ2n) is 13.9. The van der Waals surface area contributed by atoms with Crippen molar-refractivity contribution in [1.29, 1.82) is 0 Å². The Bertz CT molecular complexity index is 812. The van der Waals surface area contributed by atoms with E-state index in [1.54, 1.807) is 0 Å². The zero-order valence-electron chi connectivity index (χ0n) is 29.4. The van der Waals surface area contributed by atoms with E-state index in [2.05, 4.69) is 13.8 Å². The summed E-state index contributed by atoms with van der Waals surface area (Å²) in [6, 6.07) is 0. The van der Waals surface area contributed by atoms with E-state index >= 15 is 0 Å². The Morgan fingerprint density at radius 3 is 1.16 bits per heavy atom. The first-order valence-electron chi connectivity index (χ1n) is 19.0. The molecule has 1 N–H and O–H groups in total. The van der Waals surface area contributed by atoms with Crippen molar-refractivity contribution in [3.63, 3.8) is 0 Å². The molecule has 3 rings (SSSR count). The van der Waals surface area contributed by atoms with E-state index in [1.165, 1.54) is 116 Å². The van der Waals surface area contributed by atoms with Crippen LogP contribution in [0.5, 0.6) is 0 Å². The molecule has 3 unspecified atom stereocenters. The van der Waals surface area contributed by atoms with Crippen molar-refractivity contribution >= 4 is 19.6 Å². The monoisotopic (exact) mass is 657 g/mol. The Morgan fingerprint density at radius 1 is 0.600 bits per heavy atom. The van der Waals surface area contributed by atoms with Gasteiger partial charge in [-0.2, -0.15) is 0 Å². The highest BCUT2D eigenvalue weighted by Crippen LogP contribution is 2.73. The molecule has 0 aromatic carbocycles. The molecule has 3 aliphatic rings. The highest BCUT2D eigenvalue weighted by atomic mass is 31.2. The molecule has 0 radical (unpaired) electrons. The van der Waals surface area contributed by atoms with Gasteiger partial charge in [0, 0.05) is 11.8 Å². The molecule has 3 aliphatic heterocycles. The number of amides is 2. The first-order valence-corrected chi connectivity index (χ1v) is 20.4. The third kappa shape index (κ3) is 14.9. The van der Waals surface area contributed by atoms with Crippen LogP contribution in [0.25, 0.3) is 0 Å². The summed E-state index contributed by atoms with van der Waals surface area (Å²) in [4.78, 5) is 28.2. The van der Waals surface area contributed by atoms with Crippen LogP contribution in [0, 0.1) is 11.8 Å². The van der Waals surface area contributed by atoms with Crippen LogP contribution in [0.1, 0.15) is 195 Å². The zero-order chi connectivity index (χ0) is 33.0. The van der Waals surface area contributed by atoms with Crippen LogP contribution >= 0.6 is 7.82 Å². The number of nitrogens with zero attached hydrogens (tertiary/aromatic N) is 1. The summed E-state index contributed by atoms with van der Waals surface area (Å²) in [5.74, 6) is -4.11. The first-order chi connectivity index (χ1) is 21.7. The maximum absolute atomic E-state index is 13.6. The number of aliphatic hydroxyl groups is 1. The molecule has 8 nitrogen and oxygen atoms in total. The van der Waals surface area contributed by atoms with Gasteiger partial charge in [0.1, 0.15) is 0 Å². The summed E-state index contributed by atoms with van der Waals surface area (Å²) in [6.07, 6.45) is 29.5. The van der Waals surface area contributed by atoms with Crippen molar-refractivity contribution in [2.45, 2.75) is 207 Å². The molecular weight excluding hydrogens is 589 g/mol. The average Bonchev–Trinajstić information content (AvgIpc) is 3.42. The van der Waals surface area contributed by atoms with Crippen LogP contribution in [0.4, 0.5) is 0 Å². The van der Waals surface area contributed by atoms with Gasteiger partial charge in [-0.1, -0.05) is 182 Å². The average molecular weight is 658 g/mol. The minimum Gasteiger partial charge on any atom is -0.339 e. The molecule has 3 saturated heterocycles. The third-order valence-electron chi connectivity index (χ3n) is 9.56. The molecule has 264 valence electrons. The standard InChI is InChI=1S/C36H68NO7P/c1-5-7-9-11-13-15-17-19-21-23-25-27-29-31(3)33(38)37(35-36(40)43-45(41,42-35)44-36)34(39)32(4)30-28-26-24-22-20-18-16-14-12-10-8-6-2/h31-32,35,40H,5-30H2,1-4H3. The molecule has 0 saturated carbocycles. The number of fused-ring (bicyclic) bond motifs is 1. The van der Waals surface area contributed by atoms with Gasteiger partial charge in [0.15, 0.2) is 0 Å². The highest BCUT2D eigenvalue weighted by molar-refractivity contribution is 7.50. The van der Waals surface area contributed by atoms with Gasteiger partial charge in [-0.05, 0) is 12.8 Å². The second-order valence-corrected chi connectivity index (χ2v) is 15.4. The third-order valence-corrected chi connectivity index (χ3v) is 11.0. The lowest BCUT2D eigenvalue weighted by Crippen LogP contribution is -2.58. The van der Waals surface area contributed by atoms with Crippen molar-refractivity contribution in [2.24, 2.45) is 11.8 Å². The molecule has 0 aliphatic carbocycles. The van der Waals surface area contributed by atoms with E-state index in [9.17, 15) is 19.3 Å². The highest BCUT2D eigenvalue weighted by Gasteiger charge is 2.74. The molecule has 0 aromatic heterocycles. The molecular formula is C36H68NO7P. The van der Waals surface area contributed by atoms with Gasteiger partial charge in [0.05, 0.1) is 0 Å². The van der Waals surface area contributed by atoms with Gasteiger partial charge in [0.2, 0.25) is 18.0 Å². The Hall–Kier alpha value is -0.790. The fourth-order valence-corrected chi connectivity index (χ4v) is 7.90. The van der Waals surface area contributed by atoms with E-state index < -0.39 is 43.7 Å². The van der Waals surface area contributed by atoms with E-state index in [0.717, 1.165) is 43.4 Å². The summed E-state index contributed by atoms with van der Waals surface area (Å²) in [6.45, 7) is 8.12. The lowest BCUT2D eigenvalue weighted by atomic mass is 9.97. The first kappa shape index (κ1) is 40.4. The van der Waals surface area contributed by atoms with Crippen LogP contribution in [-0.4, -0.2) is 34.0 Å². The summed E-state index contributed by atoms with van der Waals surface area (Å²) >= 11 is 0. The topological polar surface area (TPSA) is 102 Å². The number of unbranched alkanes of at least 4 members (excludes halogenated alkanes) is 22. The Labute approximate surface area is 275 Å². The van der Waals surface area contributed by atoms with E-state index in [4.69, 9.17) is 13.6 Å². The molecule has 2 bridgehead atoms. The van der Waals surface area contributed by atoms with Gasteiger partial charge in [-0.3, -0.25) is 14.1 Å². The zero-order valence-corrected chi connectivity index (χ0v) is 30.3. The molecule has 45 heavy (non-hydrogen) atoms. The van der Waals surface area contributed by atoms with Crippen molar-refractivity contribution in [1.82, 2.24) is 4.90 Å². The Morgan fingerprint density at radius 2 is 0.889 bits per heavy atom.